The molecule has 8 rings (SSSR count). The van der Waals surface area contributed by atoms with Gasteiger partial charge in [0.15, 0.2) is 5.82 Å². The SMILES string of the molecule is CC(C)(C)CC(=O)N[C@H]1CCCCC/C=C\[C@@H]2C[C@@]2(C(=O)NS(=O)(=O)C2CC2)NC(=O)[C@@H]2C[C@@H](Oc3nc(-c4ccc(C(C)(C)C)cc4)nc4c3oc3ccccc34)CN2C1=O. The number of hydrogen-bond donors (Lipinski definition) is 3. The number of para-hydroxylation sites is 1. The van der Waals surface area contributed by atoms with Crippen LogP contribution in [-0.2, 0) is 34.6 Å². The van der Waals surface area contributed by atoms with Crippen LogP contribution in [0, 0.1) is 11.3 Å². The number of hydrogen-bond acceptors (Lipinski definition) is 10. The Hall–Kier alpha value is -5.31. The third-order valence-corrected chi connectivity index (χ3v) is 14.2. The first-order valence-corrected chi connectivity index (χ1v) is 23.5. The Balaban J connectivity index is 1.15. The van der Waals surface area contributed by atoms with Gasteiger partial charge in [-0.05, 0) is 67.1 Å². The van der Waals surface area contributed by atoms with E-state index in [1.165, 1.54) is 4.90 Å². The number of amides is 4. The Kier molecular flexibility index (Phi) is 11.5. The fourth-order valence-corrected chi connectivity index (χ4v) is 9.99. The average Bonchev–Trinajstić information content (AvgIpc) is 4.10. The number of ether oxygens (including phenoxy) is 1. The zero-order valence-electron chi connectivity index (χ0n) is 36.5. The highest BCUT2D eigenvalue weighted by Crippen LogP contribution is 2.46. The number of furan rings is 1. The van der Waals surface area contributed by atoms with Crippen molar-refractivity contribution < 1.29 is 36.7 Å². The van der Waals surface area contributed by atoms with Gasteiger partial charge >= 0.3 is 0 Å². The molecule has 2 aromatic carbocycles. The van der Waals surface area contributed by atoms with Gasteiger partial charge in [0.05, 0.1) is 11.8 Å². The minimum Gasteiger partial charge on any atom is -0.470 e. The molecule has 4 aliphatic rings. The summed E-state index contributed by atoms with van der Waals surface area (Å²) in [5, 5.41) is 6.05. The summed E-state index contributed by atoms with van der Waals surface area (Å²) in [6.45, 7) is 12.2. The van der Waals surface area contributed by atoms with Crippen molar-refractivity contribution in [2.45, 2.75) is 140 Å². The molecule has 330 valence electrons. The number of carbonyl (C=O) groups excluding carboxylic acids is 4. The molecule has 4 aromatic rings. The molecule has 3 N–H and O–H groups in total. The Morgan fingerprint density at radius 1 is 0.968 bits per heavy atom. The molecule has 3 fully saturated rings. The molecule has 0 radical (unpaired) electrons. The van der Waals surface area contributed by atoms with Gasteiger partial charge in [0.1, 0.15) is 34.8 Å². The second-order valence-electron chi connectivity index (χ2n) is 19.8. The van der Waals surface area contributed by atoms with Crippen LogP contribution in [0.4, 0.5) is 0 Å². The molecule has 5 atom stereocenters. The van der Waals surface area contributed by atoms with Crippen molar-refractivity contribution in [3.05, 3.63) is 66.2 Å². The van der Waals surface area contributed by atoms with E-state index in [9.17, 15) is 27.6 Å². The van der Waals surface area contributed by atoms with E-state index in [2.05, 4.69) is 48.3 Å². The first-order valence-electron chi connectivity index (χ1n) is 21.9. The summed E-state index contributed by atoms with van der Waals surface area (Å²) in [5.41, 5.74) is 1.45. The third kappa shape index (κ3) is 9.23. The predicted octanol–water partition coefficient (Wildman–Crippen LogP) is 6.61. The van der Waals surface area contributed by atoms with Crippen LogP contribution in [0.25, 0.3) is 33.5 Å². The van der Waals surface area contributed by atoms with Crippen LogP contribution < -0.4 is 20.1 Å². The van der Waals surface area contributed by atoms with Gasteiger partial charge in [-0.3, -0.25) is 23.9 Å². The minimum atomic E-state index is -3.91. The van der Waals surface area contributed by atoms with Crippen molar-refractivity contribution in [1.29, 1.82) is 0 Å². The molecule has 0 spiro atoms. The van der Waals surface area contributed by atoms with Gasteiger partial charge in [0.2, 0.25) is 33.3 Å². The van der Waals surface area contributed by atoms with E-state index in [0.717, 1.165) is 29.4 Å². The van der Waals surface area contributed by atoms with Crippen molar-refractivity contribution in [3.8, 4) is 17.3 Å². The molecular weight excluding hydrogens is 809 g/mol. The van der Waals surface area contributed by atoms with E-state index >= 15 is 0 Å². The number of nitrogens with one attached hydrogen (secondary N) is 3. The number of aromatic nitrogens is 2. The van der Waals surface area contributed by atoms with Gasteiger partial charge in [-0.2, -0.15) is 4.98 Å². The molecule has 4 heterocycles. The molecule has 2 aromatic heterocycles. The lowest BCUT2D eigenvalue weighted by Gasteiger charge is -2.30. The maximum atomic E-state index is 14.8. The number of sulfonamides is 1. The van der Waals surface area contributed by atoms with Crippen molar-refractivity contribution in [1.82, 2.24) is 30.2 Å². The second kappa shape index (κ2) is 16.4. The first kappa shape index (κ1) is 43.3. The van der Waals surface area contributed by atoms with Gasteiger partial charge in [-0.1, -0.05) is 103 Å². The van der Waals surface area contributed by atoms with Crippen molar-refractivity contribution in [2.75, 3.05) is 6.54 Å². The summed E-state index contributed by atoms with van der Waals surface area (Å²) in [5.74, 6) is -2.00. The second-order valence-corrected chi connectivity index (χ2v) is 21.8. The van der Waals surface area contributed by atoms with Crippen LogP contribution in [0.3, 0.4) is 0 Å². The van der Waals surface area contributed by atoms with E-state index in [1.54, 1.807) is 0 Å². The molecule has 4 amide bonds. The van der Waals surface area contributed by atoms with Crippen LogP contribution in [0.2, 0.25) is 0 Å². The van der Waals surface area contributed by atoms with Gasteiger partial charge in [0, 0.05) is 29.7 Å². The van der Waals surface area contributed by atoms with Crippen LogP contribution in [0.1, 0.15) is 111 Å². The molecule has 62 heavy (non-hydrogen) atoms. The first-order chi connectivity index (χ1) is 29.3. The van der Waals surface area contributed by atoms with E-state index in [0.29, 0.717) is 54.6 Å². The average molecular weight is 867 g/mol. The number of carbonyl (C=O) groups is 4. The van der Waals surface area contributed by atoms with Gasteiger partial charge < -0.3 is 24.7 Å². The summed E-state index contributed by atoms with van der Waals surface area (Å²) >= 11 is 0. The van der Waals surface area contributed by atoms with Crippen molar-refractivity contribution in [2.24, 2.45) is 11.3 Å². The van der Waals surface area contributed by atoms with Crippen LogP contribution in [0.15, 0.2) is 65.1 Å². The standard InChI is InChI=1S/C47H58N6O8S/c1-45(2,3)26-37(54)48-34-16-11-9-7-8-10-14-30-25-47(30,44(57)52-62(58,59)32-22-23-32)51-41(55)35-24-31(27-53(35)43(34)56)60-42-39-38(33-15-12-13-17-36(33)61-39)49-40(50-42)28-18-20-29(21-19-28)46(4,5)6/h10,12-15,17-21,30-32,34-35H,7-9,11,16,22-27H2,1-6H3,(H,48,54)(H,51,55)(H,52,57)/b14-10-/t30-,31-,34+,35+,47-/m1/s1. The predicted molar refractivity (Wildman–Crippen MR) is 235 cm³/mol. The Morgan fingerprint density at radius 2 is 1.71 bits per heavy atom. The lowest BCUT2D eigenvalue weighted by molar-refractivity contribution is -0.142. The van der Waals surface area contributed by atoms with E-state index in [4.69, 9.17) is 19.1 Å². The largest absolute Gasteiger partial charge is 0.470 e. The van der Waals surface area contributed by atoms with E-state index in [1.807, 2.05) is 69.3 Å². The molecule has 0 bridgehead atoms. The lowest BCUT2D eigenvalue weighted by Crippen LogP contribution is -2.58. The normalized spacial score (nSPS) is 25.5. The van der Waals surface area contributed by atoms with Gasteiger partial charge in [-0.15, -0.1) is 0 Å². The minimum absolute atomic E-state index is 0.0140. The quantitative estimate of drug-likeness (QED) is 0.163. The number of allylic oxidation sites excluding steroid dienone is 1. The molecule has 15 heteroatoms. The smallest absolute Gasteiger partial charge is 0.262 e. The zero-order valence-corrected chi connectivity index (χ0v) is 37.3. The number of nitrogens with zero attached hydrogens (tertiary/aromatic N) is 3. The Bertz CT molecular complexity index is 2530. The summed E-state index contributed by atoms with van der Waals surface area (Å²) in [6.07, 6.45) is 7.74. The molecule has 14 nitrogen and oxygen atoms in total. The molecule has 1 saturated heterocycles. The molecule has 2 aliphatic carbocycles. The molecule has 0 unspecified atom stereocenters. The molecular formula is C47H58N6O8S. The maximum Gasteiger partial charge on any atom is 0.262 e. The Labute approximate surface area is 363 Å². The zero-order chi connectivity index (χ0) is 44.2. The number of benzene rings is 2. The summed E-state index contributed by atoms with van der Waals surface area (Å²) in [6, 6.07) is 13.5. The monoisotopic (exact) mass is 866 g/mol. The highest BCUT2D eigenvalue weighted by atomic mass is 32.2. The highest BCUT2D eigenvalue weighted by molar-refractivity contribution is 7.91. The van der Waals surface area contributed by atoms with Gasteiger partial charge in [-0.25, -0.2) is 13.4 Å². The van der Waals surface area contributed by atoms with Crippen LogP contribution in [-0.4, -0.2) is 82.4 Å². The fraction of sp³-hybridized carbons (Fsp3) is 0.532. The van der Waals surface area contributed by atoms with Crippen molar-refractivity contribution in [3.63, 3.8) is 0 Å². The third-order valence-electron chi connectivity index (χ3n) is 12.3. The Morgan fingerprint density at radius 3 is 2.42 bits per heavy atom. The summed E-state index contributed by atoms with van der Waals surface area (Å²) < 4.78 is 41.2. The van der Waals surface area contributed by atoms with Gasteiger partial charge in [0.25, 0.3) is 11.8 Å². The summed E-state index contributed by atoms with van der Waals surface area (Å²) in [7, 11) is -3.91. The highest BCUT2D eigenvalue weighted by Gasteiger charge is 2.62. The topological polar surface area (TPSA) is 190 Å². The van der Waals surface area contributed by atoms with Crippen LogP contribution >= 0.6 is 0 Å². The lowest BCUT2D eigenvalue weighted by atomic mass is 9.87. The van der Waals surface area contributed by atoms with E-state index in [-0.39, 0.29) is 48.4 Å². The fourth-order valence-electron chi connectivity index (χ4n) is 8.63. The maximum absolute atomic E-state index is 14.8. The molecule has 2 saturated carbocycles. The number of fused-ring (bicyclic) bond motifs is 5. The van der Waals surface area contributed by atoms with Crippen LogP contribution in [0.5, 0.6) is 5.88 Å². The number of rotatable bonds is 8. The van der Waals surface area contributed by atoms with E-state index < -0.39 is 62.6 Å². The molecule has 2 aliphatic heterocycles. The summed E-state index contributed by atoms with van der Waals surface area (Å²) in [4.78, 5) is 68.0. The van der Waals surface area contributed by atoms with Crippen molar-refractivity contribution >= 4 is 55.7 Å².